The average Bonchev–Trinajstić information content (AvgIpc) is 2.73. The van der Waals surface area contributed by atoms with Crippen LogP contribution in [0.4, 0.5) is 0 Å². The van der Waals surface area contributed by atoms with Crippen molar-refractivity contribution in [3.05, 3.63) is 52.6 Å². The summed E-state index contributed by atoms with van der Waals surface area (Å²) in [7, 11) is 0.852. The number of methoxy groups -OCH3 is 1. The predicted molar refractivity (Wildman–Crippen MR) is 121 cm³/mol. The topological polar surface area (TPSA) is 84.9 Å². The van der Waals surface area contributed by atoms with Crippen LogP contribution in [0.1, 0.15) is 53.4 Å². The molecule has 0 saturated heterocycles. The van der Waals surface area contributed by atoms with Gasteiger partial charge in [-0.05, 0) is 68.1 Å². The maximum absolute atomic E-state index is 12.9. The maximum Gasteiger partial charge on any atom is 0.251 e. The normalized spacial score (nSPS) is 12.5. The Morgan fingerprint density at radius 3 is 2.39 bits per heavy atom. The number of rotatable bonds is 9. The number of sulfonamides is 1. The summed E-state index contributed by atoms with van der Waals surface area (Å²) < 4.78 is 37.6. The van der Waals surface area contributed by atoms with Gasteiger partial charge in [-0.3, -0.25) is 4.79 Å². The third-order valence-electron chi connectivity index (χ3n) is 5.14. The van der Waals surface area contributed by atoms with Crippen LogP contribution in [-0.4, -0.2) is 46.4 Å². The summed E-state index contributed by atoms with van der Waals surface area (Å²) in [5.41, 5.74) is 2.51. The van der Waals surface area contributed by atoms with Crippen LogP contribution in [0, 0.1) is 13.8 Å². The Balaban J connectivity index is 2.30. The maximum atomic E-state index is 12.9. The molecule has 0 heterocycles. The molecular formula is C23H32N2O5S. The second-order valence-corrected chi connectivity index (χ2v) is 9.78. The molecule has 0 aliphatic heterocycles. The first-order chi connectivity index (χ1) is 14.5. The van der Waals surface area contributed by atoms with Crippen LogP contribution in [0.15, 0.2) is 35.2 Å². The molecule has 8 heteroatoms. The molecule has 0 aliphatic rings. The number of nitrogens with one attached hydrogen (secondary N) is 1. The highest BCUT2D eigenvalue weighted by molar-refractivity contribution is 7.89. The van der Waals surface area contributed by atoms with E-state index in [1.54, 1.807) is 27.0 Å². The standard InChI is InChI=1S/C23H32N2O5S/c1-8-11-30-20-10-9-18(13-21(20)29-7)17(4)24-23(26)19-12-15(2)16(3)22(14-19)31(27,28)25(5)6/h9-10,12-14,17H,8,11H2,1-7H3,(H,24,26). The number of benzene rings is 2. The molecule has 0 radical (unpaired) electrons. The highest BCUT2D eigenvalue weighted by Gasteiger charge is 2.23. The van der Waals surface area contributed by atoms with Crippen LogP contribution in [0.25, 0.3) is 0 Å². The van der Waals surface area contributed by atoms with Gasteiger partial charge in [-0.1, -0.05) is 13.0 Å². The minimum absolute atomic E-state index is 0.134. The van der Waals surface area contributed by atoms with Crippen LogP contribution in [-0.2, 0) is 10.0 Å². The van der Waals surface area contributed by atoms with Gasteiger partial charge in [0.15, 0.2) is 11.5 Å². The number of carbonyl (C=O) groups is 1. The fraction of sp³-hybridized carbons (Fsp3) is 0.435. The van der Waals surface area contributed by atoms with Crippen molar-refractivity contribution in [2.45, 2.75) is 45.1 Å². The second kappa shape index (κ2) is 10.2. The van der Waals surface area contributed by atoms with E-state index in [9.17, 15) is 13.2 Å². The molecule has 7 nitrogen and oxygen atoms in total. The summed E-state index contributed by atoms with van der Waals surface area (Å²) in [4.78, 5) is 13.1. The number of hydrogen-bond acceptors (Lipinski definition) is 5. The summed E-state index contributed by atoms with van der Waals surface area (Å²) in [5.74, 6) is 0.896. The summed E-state index contributed by atoms with van der Waals surface area (Å²) >= 11 is 0. The summed E-state index contributed by atoms with van der Waals surface area (Å²) in [6, 6.07) is 8.34. The summed E-state index contributed by atoms with van der Waals surface area (Å²) in [6.07, 6.45) is 0.888. The molecule has 1 amide bonds. The Labute approximate surface area is 185 Å². The fourth-order valence-electron chi connectivity index (χ4n) is 3.07. The van der Waals surface area contributed by atoms with E-state index in [0.717, 1.165) is 21.9 Å². The lowest BCUT2D eigenvalue weighted by molar-refractivity contribution is 0.0939. The lowest BCUT2D eigenvalue weighted by Gasteiger charge is -2.19. The predicted octanol–water partition coefficient (Wildman–Crippen LogP) is 3.84. The van der Waals surface area contributed by atoms with Gasteiger partial charge < -0.3 is 14.8 Å². The van der Waals surface area contributed by atoms with E-state index in [2.05, 4.69) is 5.32 Å². The van der Waals surface area contributed by atoms with Gasteiger partial charge in [-0.2, -0.15) is 0 Å². The van der Waals surface area contributed by atoms with Crippen molar-refractivity contribution in [1.29, 1.82) is 0 Å². The molecule has 2 aromatic rings. The first-order valence-electron chi connectivity index (χ1n) is 10.2. The van der Waals surface area contributed by atoms with Crippen molar-refractivity contribution in [2.75, 3.05) is 27.8 Å². The Morgan fingerprint density at radius 1 is 1.13 bits per heavy atom. The van der Waals surface area contributed by atoms with Gasteiger partial charge >= 0.3 is 0 Å². The van der Waals surface area contributed by atoms with Crippen molar-refractivity contribution < 1.29 is 22.7 Å². The van der Waals surface area contributed by atoms with Crippen molar-refractivity contribution in [3.8, 4) is 11.5 Å². The van der Waals surface area contributed by atoms with Crippen molar-refractivity contribution in [2.24, 2.45) is 0 Å². The quantitative estimate of drug-likeness (QED) is 0.630. The largest absolute Gasteiger partial charge is 0.493 e. The van der Waals surface area contributed by atoms with E-state index in [-0.39, 0.29) is 16.8 Å². The molecule has 31 heavy (non-hydrogen) atoms. The van der Waals surface area contributed by atoms with Gasteiger partial charge in [0, 0.05) is 19.7 Å². The van der Waals surface area contributed by atoms with Crippen LogP contribution >= 0.6 is 0 Å². The molecule has 170 valence electrons. The highest BCUT2D eigenvalue weighted by Crippen LogP contribution is 2.31. The molecule has 0 bridgehead atoms. The Morgan fingerprint density at radius 2 is 1.81 bits per heavy atom. The van der Waals surface area contributed by atoms with Gasteiger partial charge in [0.25, 0.3) is 5.91 Å². The molecule has 0 spiro atoms. The molecule has 1 atom stereocenters. The van der Waals surface area contributed by atoms with Gasteiger partial charge in [-0.15, -0.1) is 0 Å². The Bertz CT molecular complexity index is 1050. The third-order valence-corrected chi connectivity index (χ3v) is 7.08. The molecule has 2 rings (SSSR count). The zero-order chi connectivity index (χ0) is 23.3. The van der Waals surface area contributed by atoms with E-state index in [1.807, 2.05) is 32.0 Å². The molecule has 0 fully saturated rings. The minimum atomic E-state index is -3.67. The van der Waals surface area contributed by atoms with Crippen molar-refractivity contribution >= 4 is 15.9 Å². The van der Waals surface area contributed by atoms with Crippen molar-refractivity contribution in [3.63, 3.8) is 0 Å². The second-order valence-electron chi connectivity index (χ2n) is 7.66. The fourth-order valence-corrected chi connectivity index (χ4v) is 4.29. The number of carbonyl (C=O) groups excluding carboxylic acids is 1. The van der Waals surface area contributed by atoms with Crippen LogP contribution in [0.5, 0.6) is 11.5 Å². The Hall–Kier alpha value is -2.58. The Kier molecular flexibility index (Phi) is 8.08. The number of nitrogens with zero attached hydrogens (tertiary/aromatic N) is 1. The van der Waals surface area contributed by atoms with Gasteiger partial charge in [0.05, 0.1) is 24.7 Å². The first-order valence-corrected chi connectivity index (χ1v) is 11.6. The lowest BCUT2D eigenvalue weighted by Crippen LogP contribution is -2.28. The van der Waals surface area contributed by atoms with Crippen molar-refractivity contribution in [1.82, 2.24) is 9.62 Å². The van der Waals surface area contributed by atoms with Gasteiger partial charge in [-0.25, -0.2) is 12.7 Å². The number of hydrogen-bond donors (Lipinski definition) is 1. The molecule has 0 aliphatic carbocycles. The SMILES string of the molecule is CCCOc1ccc(C(C)NC(=O)c2cc(C)c(C)c(S(=O)(=O)N(C)C)c2)cc1OC. The molecule has 1 N–H and O–H groups in total. The summed E-state index contributed by atoms with van der Waals surface area (Å²) in [6.45, 7) is 8.01. The van der Waals surface area contributed by atoms with Crippen LogP contribution < -0.4 is 14.8 Å². The zero-order valence-electron chi connectivity index (χ0n) is 19.3. The molecular weight excluding hydrogens is 416 g/mol. The van der Waals surface area contributed by atoms with Gasteiger partial charge in [0.1, 0.15) is 0 Å². The summed E-state index contributed by atoms with van der Waals surface area (Å²) in [5, 5.41) is 2.94. The van der Waals surface area contributed by atoms with Crippen LogP contribution in [0.3, 0.4) is 0 Å². The zero-order valence-corrected chi connectivity index (χ0v) is 20.1. The van der Waals surface area contributed by atoms with E-state index >= 15 is 0 Å². The molecule has 0 aromatic heterocycles. The third kappa shape index (κ3) is 5.57. The number of aryl methyl sites for hydroxylation is 1. The monoisotopic (exact) mass is 448 g/mol. The van der Waals surface area contributed by atoms with Gasteiger partial charge in [0.2, 0.25) is 10.0 Å². The van der Waals surface area contributed by atoms with Crippen LogP contribution in [0.2, 0.25) is 0 Å². The molecule has 2 aromatic carbocycles. The van der Waals surface area contributed by atoms with E-state index in [4.69, 9.17) is 9.47 Å². The lowest BCUT2D eigenvalue weighted by atomic mass is 10.0. The minimum Gasteiger partial charge on any atom is -0.493 e. The molecule has 0 saturated carbocycles. The van der Waals surface area contributed by atoms with E-state index in [0.29, 0.717) is 29.2 Å². The number of amides is 1. The smallest absolute Gasteiger partial charge is 0.251 e. The van der Waals surface area contributed by atoms with E-state index < -0.39 is 10.0 Å². The molecule has 1 unspecified atom stereocenters. The number of ether oxygens (including phenoxy) is 2. The van der Waals surface area contributed by atoms with E-state index in [1.165, 1.54) is 20.2 Å². The first kappa shape index (κ1) is 24.7. The average molecular weight is 449 g/mol. The highest BCUT2D eigenvalue weighted by atomic mass is 32.2.